The maximum atomic E-state index is 5.35. The minimum absolute atomic E-state index is 0.694. The van der Waals surface area contributed by atoms with Crippen LogP contribution in [-0.4, -0.2) is 9.97 Å². The average molecular weight is 743 g/mol. The number of rotatable bonds is 6. The van der Waals surface area contributed by atoms with Crippen LogP contribution in [0.25, 0.3) is 109 Å². The predicted molar refractivity (Wildman–Crippen MR) is 243 cm³/mol. The summed E-state index contributed by atoms with van der Waals surface area (Å²) >= 11 is 1.82. The van der Waals surface area contributed by atoms with Gasteiger partial charge in [-0.05, 0) is 90.3 Å². The summed E-state index contributed by atoms with van der Waals surface area (Å²) < 4.78 is 1.27. The average Bonchev–Trinajstić information content (AvgIpc) is 3.73. The highest BCUT2D eigenvalue weighted by atomic mass is 32.1. The van der Waals surface area contributed by atoms with Gasteiger partial charge in [0.15, 0.2) is 5.82 Å². The zero-order chi connectivity index (χ0) is 37.7. The lowest BCUT2D eigenvalue weighted by atomic mass is 9.89. The molecular weight excluding hydrogens is 709 g/mol. The fourth-order valence-corrected chi connectivity index (χ4v) is 9.41. The first-order valence-corrected chi connectivity index (χ1v) is 20.1. The molecule has 0 N–H and O–H groups in total. The number of thiophene rings is 1. The molecule has 0 aliphatic rings. The first-order chi connectivity index (χ1) is 28.2. The summed E-state index contributed by atoms with van der Waals surface area (Å²) in [6.07, 6.45) is 0. The molecule has 57 heavy (non-hydrogen) atoms. The van der Waals surface area contributed by atoms with E-state index in [-0.39, 0.29) is 0 Å². The van der Waals surface area contributed by atoms with Crippen molar-refractivity contribution in [3.63, 3.8) is 0 Å². The van der Waals surface area contributed by atoms with E-state index in [1.165, 1.54) is 58.4 Å². The van der Waals surface area contributed by atoms with Crippen LogP contribution in [0.2, 0.25) is 0 Å². The SMILES string of the molecule is c1ccc(-c2cccc(-c3cc(-c4ccccc4-c4cc5ccccc5s4)nc(-c4ccc(-c5c6ccccc6cc6c5ccc5ccccc56)cc4)n3)c2)cc1. The van der Waals surface area contributed by atoms with Crippen molar-refractivity contribution in [1.29, 1.82) is 0 Å². The summed E-state index contributed by atoms with van der Waals surface area (Å²) in [7, 11) is 0. The summed E-state index contributed by atoms with van der Waals surface area (Å²) in [4.78, 5) is 11.9. The second kappa shape index (κ2) is 13.8. The maximum Gasteiger partial charge on any atom is 0.160 e. The van der Waals surface area contributed by atoms with Gasteiger partial charge in [0, 0.05) is 31.8 Å². The molecule has 0 aliphatic carbocycles. The Kier molecular flexibility index (Phi) is 8.04. The van der Waals surface area contributed by atoms with E-state index in [9.17, 15) is 0 Å². The fraction of sp³-hybridized carbons (Fsp3) is 0. The number of hydrogen-bond acceptors (Lipinski definition) is 3. The molecule has 9 aromatic carbocycles. The van der Waals surface area contributed by atoms with E-state index in [0.29, 0.717) is 5.82 Å². The molecule has 11 aromatic rings. The smallest absolute Gasteiger partial charge is 0.160 e. The van der Waals surface area contributed by atoms with Crippen molar-refractivity contribution in [3.8, 4) is 66.6 Å². The van der Waals surface area contributed by atoms with Gasteiger partial charge in [-0.1, -0.05) is 176 Å². The fourth-order valence-electron chi connectivity index (χ4n) is 8.30. The molecule has 0 unspecified atom stereocenters. The van der Waals surface area contributed by atoms with Crippen molar-refractivity contribution in [2.75, 3.05) is 0 Å². The molecule has 0 radical (unpaired) electrons. The van der Waals surface area contributed by atoms with Gasteiger partial charge in [-0.25, -0.2) is 9.97 Å². The zero-order valence-electron chi connectivity index (χ0n) is 30.9. The van der Waals surface area contributed by atoms with Gasteiger partial charge in [-0.2, -0.15) is 0 Å². The topological polar surface area (TPSA) is 25.8 Å². The lowest BCUT2D eigenvalue weighted by molar-refractivity contribution is 1.18. The quantitative estimate of drug-likeness (QED) is 0.125. The van der Waals surface area contributed by atoms with Crippen LogP contribution in [0.4, 0.5) is 0 Å². The van der Waals surface area contributed by atoms with E-state index in [0.717, 1.165) is 44.8 Å². The van der Waals surface area contributed by atoms with Gasteiger partial charge in [0.05, 0.1) is 11.4 Å². The van der Waals surface area contributed by atoms with Gasteiger partial charge in [0.2, 0.25) is 0 Å². The molecule has 3 heteroatoms. The summed E-state index contributed by atoms with van der Waals surface area (Å²) in [5.41, 5.74) is 10.8. The molecule has 0 saturated carbocycles. The minimum Gasteiger partial charge on any atom is -0.228 e. The molecule has 2 nitrogen and oxygen atoms in total. The Morgan fingerprint density at radius 2 is 0.965 bits per heavy atom. The van der Waals surface area contributed by atoms with Gasteiger partial charge in [0.25, 0.3) is 0 Å². The lowest BCUT2D eigenvalue weighted by Gasteiger charge is -2.15. The third-order valence-electron chi connectivity index (χ3n) is 11.1. The van der Waals surface area contributed by atoms with Crippen LogP contribution in [0.1, 0.15) is 0 Å². The Labute approximate surface area is 335 Å². The highest BCUT2D eigenvalue weighted by Crippen LogP contribution is 2.42. The third-order valence-corrected chi connectivity index (χ3v) is 12.2. The van der Waals surface area contributed by atoms with Crippen molar-refractivity contribution in [2.24, 2.45) is 0 Å². The molecule has 0 bridgehead atoms. The van der Waals surface area contributed by atoms with E-state index in [4.69, 9.17) is 9.97 Å². The van der Waals surface area contributed by atoms with Gasteiger partial charge >= 0.3 is 0 Å². The van der Waals surface area contributed by atoms with E-state index in [2.05, 4.69) is 206 Å². The van der Waals surface area contributed by atoms with Crippen molar-refractivity contribution in [2.45, 2.75) is 0 Å². The van der Waals surface area contributed by atoms with E-state index in [1.54, 1.807) is 0 Å². The number of nitrogens with zero attached hydrogens (tertiary/aromatic N) is 2. The van der Waals surface area contributed by atoms with Crippen LogP contribution in [0.15, 0.2) is 206 Å². The van der Waals surface area contributed by atoms with Crippen LogP contribution in [-0.2, 0) is 0 Å². The van der Waals surface area contributed by atoms with Gasteiger partial charge in [0.1, 0.15) is 0 Å². The molecule has 266 valence electrons. The summed E-state index contributed by atoms with van der Waals surface area (Å²) in [5, 5.41) is 8.75. The predicted octanol–water partition coefficient (Wildman–Crippen LogP) is 15.2. The van der Waals surface area contributed by atoms with Crippen molar-refractivity contribution in [3.05, 3.63) is 206 Å². The monoisotopic (exact) mass is 742 g/mol. The molecule has 0 atom stereocenters. The van der Waals surface area contributed by atoms with Gasteiger partial charge < -0.3 is 0 Å². The summed E-state index contributed by atoms with van der Waals surface area (Å²) in [5.74, 6) is 0.694. The standard InChI is InChI=1S/C54H34N2S/c1-2-13-35(14-3-1)39-18-12-19-41(31-39)49-34-50(45-22-9-10-23-46(45)52-33-42-17-6-11-24-51(42)57-52)56-54(55-49)38-27-25-37(26-28-38)53-44-21-8-5-16-40(44)32-48-43-20-7-4-15-36(43)29-30-47(48)53/h1-34H. The third kappa shape index (κ3) is 5.97. The number of benzene rings is 9. The molecule has 11 rings (SSSR count). The van der Waals surface area contributed by atoms with E-state index < -0.39 is 0 Å². The molecule has 0 aliphatic heterocycles. The molecule has 0 fully saturated rings. The van der Waals surface area contributed by atoms with E-state index in [1.807, 2.05) is 11.3 Å². The normalized spacial score (nSPS) is 11.5. The molecule has 0 amide bonds. The van der Waals surface area contributed by atoms with Crippen LogP contribution in [0.3, 0.4) is 0 Å². The Hall–Kier alpha value is -7.20. The van der Waals surface area contributed by atoms with Gasteiger partial charge in [-0.3, -0.25) is 0 Å². The Morgan fingerprint density at radius 3 is 1.81 bits per heavy atom. The second-order valence-electron chi connectivity index (χ2n) is 14.5. The van der Waals surface area contributed by atoms with Crippen molar-refractivity contribution >= 4 is 53.7 Å². The van der Waals surface area contributed by atoms with Crippen molar-refractivity contribution in [1.82, 2.24) is 9.97 Å². The highest BCUT2D eigenvalue weighted by Gasteiger charge is 2.17. The molecule has 0 saturated heterocycles. The summed E-state index contributed by atoms with van der Waals surface area (Å²) in [6, 6.07) is 74.0. The number of hydrogen-bond donors (Lipinski definition) is 0. The van der Waals surface area contributed by atoms with Crippen LogP contribution >= 0.6 is 11.3 Å². The molecular formula is C54H34N2S. The first-order valence-electron chi connectivity index (χ1n) is 19.3. The number of aromatic nitrogens is 2. The first kappa shape index (κ1) is 33.2. The maximum absolute atomic E-state index is 5.35. The molecule has 0 spiro atoms. The minimum atomic E-state index is 0.694. The Morgan fingerprint density at radius 1 is 0.316 bits per heavy atom. The van der Waals surface area contributed by atoms with Crippen LogP contribution in [0, 0.1) is 0 Å². The van der Waals surface area contributed by atoms with Crippen molar-refractivity contribution < 1.29 is 0 Å². The Bertz CT molecular complexity index is 3260. The number of fused-ring (bicyclic) bond motifs is 5. The van der Waals surface area contributed by atoms with Crippen LogP contribution < -0.4 is 0 Å². The van der Waals surface area contributed by atoms with Gasteiger partial charge in [-0.15, -0.1) is 11.3 Å². The molecule has 2 aromatic heterocycles. The highest BCUT2D eigenvalue weighted by molar-refractivity contribution is 7.22. The Balaban J connectivity index is 1.08. The second-order valence-corrected chi connectivity index (χ2v) is 15.6. The zero-order valence-corrected chi connectivity index (χ0v) is 31.7. The van der Waals surface area contributed by atoms with Crippen LogP contribution in [0.5, 0.6) is 0 Å². The van der Waals surface area contributed by atoms with E-state index >= 15 is 0 Å². The lowest BCUT2D eigenvalue weighted by Crippen LogP contribution is -1.97. The largest absolute Gasteiger partial charge is 0.228 e. The summed E-state index contributed by atoms with van der Waals surface area (Å²) in [6.45, 7) is 0. The molecule has 2 heterocycles.